The first kappa shape index (κ1) is 12.8. The number of nitrogens with two attached hydrogens (primary N) is 1. The Kier molecular flexibility index (Phi) is 3.85. The van der Waals surface area contributed by atoms with Crippen LogP contribution in [0.15, 0.2) is 0 Å². The van der Waals surface area contributed by atoms with Gasteiger partial charge in [0.1, 0.15) is 0 Å². The van der Waals surface area contributed by atoms with Gasteiger partial charge in [-0.2, -0.15) is 11.8 Å². The molecule has 3 nitrogen and oxygen atoms in total. The first-order valence-corrected chi connectivity index (χ1v) is 8.52. The molecule has 18 heavy (non-hydrogen) atoms. The number of thioether (sulfide) groups is 1. The average Bonchev–Trinajstić information content (AvgIpc) is 2.98. The van der Waals surface area contributed by atoms with Crippen LogP contribution in [-0.2, 0) is 4.79 Å². The van der Waals surface area contributed by atoms with E-state index >= 15 is 0 Å². The van der Waals surface area contributed by atoms with Crippen LogP contribution >= 0.6 is 11.8 Å². The van der Waals surface area contributed by atoms with Crippen LogP contribution in [0.1, 0.15) is 32.1 Å². The van der Waals surface area contributed by atoms with Gasteiger partial charge < -0.3 is 11.1 Å². The van der Waals surface area contributed by atoms with Gasteiger partial charge in [0, 0.05) is 12.6 Å². The highest BCUT2D eigenvalue weighted by atomic mass is 32.2. The number of nitrogens with one attached hydrogen (secondary N) is 1. The second-order valence-electron chi connectivity index (χ2n) is 6.24. The van der Waals surface area contributed by atoms with E-state index in [4.69, 9.17) is 5.73 Å². The van der Waals surface area contributed by atoms with Crippen LogP contribution in [0.5, 0.6) is 0 Å². The molecule has 0 aromatic heterocycles. The molecule has 4 atom stereocenters. The van der Waals surface area contributed by atoms with Crippen LogP contribution < -0.4 is 11.1 Å². The second-order valence-corrected chi connectivity index (χ2v) is 7.46. The van der Waals surface area contributed by atoms with Crippen molar-refractivity contribution in [2.24, 2.45) is 29.4 Å². The summed E-state index contributed by atoms with van der Waals surface area (Å²) in [5.41, 5.74) is 6.21. The summed E-state index contributed by atoms with van der Waals surface area (Å²) < 4.78 is 0. The van der Waals surface area contributed by atoms with E-state index in [-0.39, 0.29) is 17.9 Å². The van der Waals surface area contributed by atoms with Gasteiger partial charge in [-0.3, -0.25) is 4.79 Å². The standard InChI is InChI=1S/C14H24N2OS/c15-13-11-2-1-10(7-11)12(13)14(17)16-8-9-3-5-18-6-4-9/h9-13H,1-8,15H2,(H,16,17). The zero-order chi connectivity index (χ0) is 12.5. The number of amides is 1. The second kappa shape index (κ2) is 5.41. The van der Waals surface area contributed by atoms with Crippen molar-refractivity contribution in [2.75, 3.05) is 18.1 Å². The number of carbonyl (C=O) groups is 1. The fourth-order valence-electron chi connectivity index (χ4n) is 4.04. The van der Waals surface area contributed by atoms with E-state index in [2.05, 4.69) is 5.32 Å². The molecule has 3 fully saturated rings. The maximum Gasteiger partial charge on any atom is 0.224 e. The molecule has 0 spiro atoms. The fourth-order valence-corrected chi connectivity index (χ4v) is 5.24. The summed E-state index contributed by atoms with van der Waals surface area (Å²) in [5.74, 6) is 4.77. The Bertz CT molecular complexity index is 315. The zero-order valence-corrected chi connectivity index (χ0v) is 11.8. The summed E-state index contributed by atoms with van der Waals surface area (Å²) in [5, 5.41) is 3.18. The van der Waals surface area contributed by atoms with Crippen molar-refractivity contribution in [2.45, 2.75) is 38.1 Å². The van der Waals surface area contributed by atoms with Crippen LogP contribution in [0, 0.1) is 23.7 Å². The molecule has 3 N–H and O–H groups in total. The highest BCUT2D eigenvalue weighted by molar-refractivity contribution is 7.99. The molecule has 1 aliphatic heterocycles. The summed E-state index contributed by atoms with van der Waals surface area (Å²) in [7, 11) is 0. The first-order valence-electron chi connectivity index (χ1n) is 7.36. The molecule has 4 heteroatoms. The molecule has 3 rings (SSSR count). The summed E-state index contributed by atoms with van der Waals surface area (Å²) in [6.07, 6.45) is 6.17. The van der Waals surface area contributed by atoms with Crippen molar-refractivity contribution in [3.63, 3.8) is 0 Å². The topological polar surface area (TPSA) is 55.1 Å². The lowest BCUT2D eigenvalue weighted by molar-refractivity contribution is -0.127. The van der Waals surface area contributed by atoms with Gasteiger partial charge in [0.25, 0.3) is 0 Å². The largest absolute Gasteiger partial charge is 0.356 e. The van der Waals surface area contributed by atoms with Gasteiger partial charge in [-0.05, 0) is 61.4 Å². The molecule has 102 valence electrons. The Morgan fingerprint density at radius 2 is 1.89 bits per heavy atom. The quantitative estimate of drug-likeness (QED) is 0.818. The van der Waals surface area contributed by atoms with Crippen LogP contribution in [-0.4, -0.2) is 30.0 Å². The van der Waals surface area contributed by atoms with Crippen LogP contribution in [0.25, 0.3) is 0 Å². The highest BCUT2D eigenvalue weighted by Gasteiger charge is 2.48. The molecule has 0 aromatic rings. The fraction of sp³-hybridized carbons (Fsp3) is 0.929. The Hall–Kier alpha value is -0.220. The van der Waals surface area contributed by atoms with Crippen molar-refractivity contribution in [1.82, 2.24) is 5.32 Å². The van der Waals surface area contributed by atoms with Gasteiger partial charge >= 0.3 is 0 Å². The molecule has 1 heterocycles. The predicted octanol–water partition coefficient (Wildman–Crippen LogP) is 1.62. The number of rotatable bonds is 3. The monoisotopic (exact) mass is 268 g/mol. The minimum Gasteiger partial charge on any atom is -0.356 e. The summed E-state index contributed by atoms with van der Waals surface area (Å²) in [4.78, 5) is 12.3. The van der Waals surface area contributed by atoms with Crippen molar-refractivity contribution in [3.8, 4) is 0 Å². The van der Waals surface area contributed by atoms with Crippen molar-refractivity contribution >= 4 is 17.7 Å². The minimum absolute atomic E-state index is 0.113. The van der Waals surface area contributed by atoms with Gasteiger partial charge in [0.15, 0.2) is 0 Å². The molecule has 0 aromatic carbocycles. The maximum absolute atomic E-state index is 12.3. The lowest BCUT2D eigenvalue weighted by Crippen LogP contribution is -2.46. The molecule has 4 unspecified atom stereocenters. The maximum atomic E-state index is 12.3. The smallest absolute Gasteiger partial charge is 0.224 e. The van der Waals surface area contributed by atoms with Crippen LogP contribution in [0.2, 0.25) is 0 Å². The van der Waals surface area contributed by atoms with Gasteiger partial charge in [0.2, 0.25) is 5.91 Å². The molecule has 2 bridgehead atoms. The van der Waals surface area contributed by atoms with Crippen molar-refractivity contribution in [3.05, 3.63) is 0 Å². The van der Waals surface area contributed by atoms with Gasteiger partial charge in [0.05, 0.1) is 5.92 Å². The lowest BCUT2D eigenvalue weighted by Gasteiger charge is -2.28. The molecule has 3 aliphatic rings. The normalized spacial score (nSPS) is 40.1. The summed E-state index contributed by atoms with van der Waals surface area (Å²) in [6, 6.07) is 0.130. The molecule has 2 aliphatic carbocycles. The van der Waals surface area contributed by atoms with Crippen molar-refractivity contribution in [1.29, 1.82) is 0 Å². The molecular formula is C14H24N2OS. The summed E-state index contributed by atoms with van der Waals surface area (Å²) >= 11 is 2.04. The van der Waals surface area contributed by atoms with Crippen LogP contribution in [0.4, 0.5) is 0 Å². The van der Waals surface area contributed by atoms with E-state index in [1.165, 1.54) is 43.6 Å². The first-order chi connectivity index (χ1) is 8.75. The van der Waals surface area contributed by atoms with E-state index in [0.29, 0.717) is 17.8 Å². The third kappa shape index (κ3) is 2.42. The molecule has 0 radical (unpaired) electrons. The predicted molar refractivity (Wildman–Crippen MR) is 75.4 cm³/mol. The van der Waals surface area contributed by atoms with E-state index in [1.807, 2.05) is 11.8 Å². The molecule has 1 amide bonds. The van der Waals surface area contributed by atoms with E-state index in [0.717, 1.165) is 6.54 Å². The average molecular weight is 268 g/mol. The third-order valence-electron chi connectivity index (χ3n) is 5.19. The van der Waals surface area contributed by atoms with Crippen LogP contribution in [0.3, 0.4) is 0 Å². The molecule has 2 saturated carbocycles. The number of fused-ring (bicyclic) bond motifs is 2. The van der Waals surface area contributed by atoms with Gasteiger partial charge in [-0.15, -0.1) is 0 Å². The minimum atomic E-state index is 0.113. The number of hydrogen-bond acceptors (Lipinski definition) is 3. The van der Waals surface area contributed by atoms with Gasteiger partial charge in [-0.1, -0.05) is 0 Å². The van der Waals surface area contributed by atoms with E-state index in [1.54, 1.807) is 0 Å². The Labute approximate surface area is 114 Å². The lowest BCUT2D eigenvalue weighted by atomic mass is 9.84. The SMILES string of the molecule is NC1C2CCC(C2)C1C(=O)NCC1CCSCC1. The molecule has 1 saturated heterocycles. The zero-order valence-electron chi connectivity index (χ0n) is 10.9. The Morgan fingerprint density at radius 3 is 2.56 bits per heavy atom. The third-order valence-corrected chi connectivity index (χ3v) is 6.24. The van der Waals surface area contributed by atoms with E-state index in [9.17, 15) is 4.79 Å². The molecular weight excluding hydrogens is 244 g/mol. The highest BCUT2D eigenvalue weighted by Crippen LogP contribution is 2.47. The van der Waals surface area contributed by atoms with Crippen molar-refractivity contribution < 1.29 is 4.79 Å². The van der Waals surface area contributed by atoms with E-state index < -0.39 is 0 Å². The Balaban J connectivity index is 1.49. The Morgan fingerprint density at radius 1 is 1.17 bits per heavy atom. The number of hydrogen-bond donors (Lipinski definition) is 2. The summed E-state index contributed by atoms with van der Waals surface area (Å²) in [6.45, 7) is 0.875. The van der Waals surface area contributed by atoms with Gasteiger partial charge in [-0.25, -0.2) is 0 Å². The number of carbonyl (C=O) groups excluding carboxylic acids is 1.